The number of hydrogen-bond donors (Lipinski definition) is 0. The molecule has 0 nitrogen and oxygen atoms in total. The fourth-order valence-electron chi connectivity index (χ4n) is 8.64. The fourth-order valence-corrected chi connectivity index (χ4v) is 8.64. The zero-order valence-corrected chi connectivity index (χ0v) is 19.3. The summed E-state index contributed by atoms with van der Waals surface area (Å²) in [6.45, 7) is 12.5. The van der Waals surface area contributed by atoms with Crippen molar-refractivity contribution >= 4 is 0 Å². The average molecular weight is 389 g/mol. The van der Waals surface area contributed by atoms with Crippen LogP contribution in [0.4, 0.5) is 4.39 Å². The monoisotopic (exact) mass is 388 g/mol. The van der Waals surface area contributed by atoms with E-state index in [2.05, 4.69) is 40.7 Å². The lowest BCUT2D eigenvalue weighted by Crippen LogP contribution is -2.50. The minimum Gasteiger partial charge on any atom is -0.247 e. The summed E-state index contributed by atoms with van der Waals surface area (Å²) in [5, 5.41) is 0. The Morgan fingerprint density at radius 3 is 2.54 bits per heavy atom. The first-order chi connectivity index (χ1) is 13.3. The maximum Gasteiger partial charge on any atom is 0.104 e. The van der Waals surface area contributed by atoms with Gasteiger partial charge in [-0.2, -0.15) is 0 Å². The summed E-state index contributed by atoms with van der Waals surface area (Å²) >= 11 is 0. The van der Waals surface area contributed by atoms with Gasteiger partial charge >= 0.3 is 0 Å². The Labute approximate surface area is 174 Å². The molecule has 0 aromatic heterocycles. The van der Waals surface area contributed by atoms with E-state index in [9.17, 15) is 4.39 Å². The van der Waals surface area contributed by atoms with Crippen molar-refractivity contribution in [3.05, 3.63) is 11.6 Å². The first-order valence-corrected chi connectivity index (χ1v) is 12.6. The summed E-state index contributed by atoms with van der Waals surface area (Å²) in [6.07, 6.45) is 15.8. The van der Waals surface area contributed by atoms with E-state index >= 15 is 0 Å². The maximum atomic E-state index is 14.1. The molecule has 0 spiro atoms. The van der Waals surface area contributed by atoms with Gasteiger partial charge in [0.2, 0.25) is 0 Å². The van der Waals surface area contributed by atoms with Crippen LogP contribution in [-0.2, 0) is 0 Å². The van der Waals surface area contributed by atoms with Crippen LogP contribution in [-0.4, -0.2) is 6.17 Å². The van der Waals surface area contributed by atoms with E-state index in [1.165, 1.54) is 56.9 Å². The molecule has 0 amide bonds. The molecule has 0 unspecified atom stereocenters. The predicted molar refractivity (Wildman–Crippen MR) is 118 cm³/mol. The van der Waals surface area contributed by atoms with Crippen LogP contribution in [0.5, 0.6) is 0 Å². The minimum absolute atomic E-state index is 0.313. The van der Waals surface area contributed by atoms with Gasteiger partial charge in [0, 0.05) is 6.42 Å². The van der Waals surface area contributed by atoms with Crippen molar-refractivity contribution in [2.45, 2.75) is 111 Å². The minimum atomic E-state index is -0.577. The first kappa shape index (κ1) is 20.9. The van der Waals surface area contributed by atoms with Crippen molar-refractivity contribution in [2.75, 3.05) is 0 Å². The highest BCUT2D eigenvalue weighted by molar-refractivity contribution is 5.25. The molecular formula is C27H45F. The van der Waals surface area contributed by atoms with Crippen molar-refractivity contribution in [1.29, 1.82) is 0 Å². The van der Waals surface area contributed by atoms with Gasteiger partial charge < -0.3 is 0 Å². The smallest absolute Gasteiger partial charge is 0.104 e. The second kappa shape index (κ2) is 7.73. The fraction of sp³-hybridized carbons (Fsp3) is 0.926. The summed E-state index contributed by atoms with van der Waals surface area (Å²) in [6, 6.07) is 0. The molecule has 1 heteroatoms. The van der Waals surface area contributed by atoms with E-state index in [0.717, 1.165) is 54.8 Å². The molecule has 0 aromatic carbocycles. The number of alkyl halides is 1. The largest absolute Gasteiger partial charge is 0.247 e. The summed E-state index contributed by atoms with van der Waals surface area (Å²) in [4.78, 5) is 0. The lowest BCUT2D eigenvalue weighted by Gasteiger charge is -2.58. The number of rotatable bonds is 5. The lowest BCUT2D eigenvalue weighted by atomic mass is 9.47. The molecule has 0 saturated heterocycles. The van der Waals surface area contributed by atoms with Crippen LogP contribution < -0.4 is 0 Å². The van der Waals surface area contributed by atoms with Crippen molar-refractivity contribution in [3.8, 4) is 0 Å². The molecule has 3 saturated carbocycles. The maximum absolute atomic E-state index is 14.1. The van der Waals surface area contributed by atoms with E-state index in [4.69, 9.17) is 0 Å². The molecule has 8 atom stereocenters. The third kappa shape index (κ3) is 3.41. The van der Waals surface area contributed by atoms with E-state index in [1.54, 1.807) is 0 Å². The molecular weight excluding hydrogens is 343 g/mol. The Balaban J connectivity index is 1.49. The molecule has 4 aliphatic rings. The standard InChI is InChI=1S/C27H45F/c1-18(2)7-6-8-19(3)23-11-12-24-22-10-9-20-17-21(28)13-15-26(20,4)25(22)14-16-27(23,24)5/h9,18-19,21-25H,6-8,10-17H2,1-5H3/t19-,21+,22+,23-,24+,25+,26+,27-/m1/s1. The number of allylic oxidation sites excluding steroid dienone is 2. The number of halogens is 1. The molecule has 0 aromatic rings. The molecule has 0 bridgehead atoms. The van der Waals surface area contributed by atoms with Crippen molar-refractivity contribution in [1.82, 2.24) is 0 Å². The molecule has 3 fully saturated rings. The summed E-state index contributed by atoms with van der Waals surface area (Å²) in [5.41, 5.74) is 2.37. The highest BCUT2D eigenvalue weighted by atomic mass is 19.1. The Kier molecular flexibility index (Phi) is 5.78. The zero-order chi connectivity index (χ0) is 20.1. The summed E-state index contributed by atoms with van der Waals surface area (Å²) in [7, 11) is 0. The van der Waals surface area contributed by atoms with Gasteiger partial charge in [-0.05, 0) is 91.3 Å². The van der Waals surface area contributed by atoms with E-state index < -0.39 is 6.17 Å². The highest BCUT2D eigenvalue weighted by Crippen LogP contribution is 2.67. The normalized spacial score (nSPS) is 46.5. The van der Waals surface area contributed by atoms with Crippen LogP contribution in [0.2, 0.25) is 0 Å². The van der Waals surface area contributed by atoms with Crippen LogP contribution in [0.3, 0.4) is 0 Å². The third-order valence-corrected chi connectivity index (χ3v) is 10.2. The third-order valence-electron chi connectivity index (χ3n) is 10.2. The first-order valence-electron chi connectivity index (χ1n) is 12.6. The van der Waals surface area contributed by atoms with Crippen molar-refractivity contribution < 1.29 is 4.39 Å². The Morgan fingerprint density at radius 2 is 1.79 bits per heavy atom. The van der Waals surface area contributed by atoms with E-state index in [-0.39, 0.29) is 0 Å². The van der Waals surface area contributed by atoms with Crippen LogP contribution >= 0.6 is 0 Å². The van der Waals surface area contributed by atoms with Crippen LogP contribution in [0.15, 0.2) is 11.6 Å². The molecule has 0 aliphatic heterocycles. The van der Waals surface area contributed by atoms with Gasteiger partial charge in [0.15, 0.2) is 0 Å². The Hall–Kier alpha value is -0.330. The molecule has 0 radical (unpaired) electrons. The topological polar surface area (TPSA) is 0 Å². The highest BCUT2D eigenvalue weighted by Gasteiger charge is 2.59. The summed E-state index contributed by atoms with van der Waals surface area (Å²) < 4.78 is 14.1. The van der Waals surface area contributed by atoms with Gasteiger partial charge in [0.25, 0.3) is 0 Å². The van der Waals surface area contributed by atoms with Gasteiger partial charge in [0.05, 0.1) is 0 Å². The Bertz CT molecular complexity index is 591. The van der Waals surface area contributed by atoms with Gasteiger partial charge in [-0.3, -0.25) is 0 Å². The molecule has 28 heavy (non-hydrogen) atoms. The number of hydrogen-bond acceptors (Lipinski definition) is 0. The van der Waals surface area contributed by atoms with Gasteiger partial charge in [0.1, 0.15) is 6.17 Å². The molecule has 160 valence electrons. The van der Waals surface area contributed by atoms with Crippen LogP contribution in [0, 0.1) is 46.3 Å². The predicted octanol–water partition coefficient (Wildman–Crippen LogP) is 8.37. The SMILES string of the molecule is CC(C)CCC[C@@H](C)[C@H]1CC[C@H]2[C@@H]3CC=C4C[C@@H](F)CC[C@]4(C)[C@H]3CC[C@]12C. The van der Waals surface area contributed by atoms with Crippen LogP contribution in [0.1, 0.15) is 105 Å². The van der Waals surface area contributed by atoms with Crippen LogP contribution in [0.25, 0.3) is 0 Å². The zero-order valence-electron chi connectivity index (χ0n) is 19.3. The molecule has 0 N–H and O–H groups in total. The van der Waals surface area contributed by atoms with E-state index in [0.29, 0.717) is 10.8 Å². The van der Waals surface area contributed by atoms with Crippen molar-refractivity contribution in [3.63, 3.8) is 0 Å². The van der Waals surface area contributed by atoms with Gasteiger partial charge in [-0.1, -0.05) is 65.5 Å². The molecule has 4 aliphatic carbocycles. The van der Waals surface area contributed by atoms with Crippen molar-refractivity contribution in [2.24, 2.45) is 46.3 Å². The molecule has 4 rings (SSSR count). The summed E-state index contributed by atoms with van der Waals surface area (Å²) in [5.74, 6) is 5.28. The van der Waals surface area contributed by atoms with Gasteiger partial charge in [-0.15, -0.1) is 0 Å². The van der Waals surface area contributed by atoms with E-state index in [1.807, 2.05) is 0 Å². The number of fused-ring (bicyclic) bond motifs is 5. The average Bonchev–Trinajstić information content (AvgIpc) is 2.99. The lowest BCUT2D eigenvalue weighted by molar-refractivity contribution is -0.0537. The second-order valence-electron chi connectivity index (χ2n) is 12.1. The Morgan fingerprint density at radius 1 is 1.00 bits per heavy atom. The molecule has 0 heterocycles. The van der Waals surface area contributed by atoms with Gasteiger partial charge in [-0.25, -0.2) is 4.39 Å². The second-order valence-corrected chi connectivity index (χ2v) is 12.1. The quantitative estimate of drug-likeness (QED) is 0.415.